The van der Waals surface area contributed by atoms with Gasteiger partial charge in [0.05, 0.1) is 0 Å². The number of ketones is 1. The Balaban J connectivity index is 1.70. The maximum Gasteiger partial charge on any atom is 0.140 e. The molecule has 0 aromatic heterocycles. The monoisotopic (exact) mass is 280 g/mol. The van der Waals surface area contributed by atoms with Gasteiger partial charge in [0.2, 0.25) is 0 Å². The predicted octanol–water partition coefficient (Wildman–Crippen LogP) is 5.17. The minimum atomic E-state index is 0.293. The maximum atomic E-state index is 12.6. The second-order valence-corrected chi connectivity index (χ2v) is 6.63. The fourth-order valence-corrected chi connectivity index (χ4v) is 3.50. The molecule has 0 bridgehead atoms. The Morgan fingerprint density at radius 1 is 1.00 bits per heavy atom. The molecule has 1 aliphatic rings. The summed E-state index contributed by atoms with van der Waals surface area (Å²) < 4.78 is 0. The Bertz CT molecular complexity index is 629. The third kappa shape index (κ3) is 3.53. The normalized spacial score (nSPS) is 22.9. The molecule has 0 aliphatic heterocycles. The van der Waals surface area contributed by atoms with Crippen LogP contribution in [-0.4, -0.2) is 5.78 Å². The first kappa shape index (κ1) is 14.3. The summed E-state index contributed by atoms with van der Waals surface area (Å²) in [5, 5.41) is 2.48. The molecular weight excluding hydrogens is 256 g/mol. The standard InChI is InChI=1S/C20H24O/c1-15-5-4-8-18(11-9-15)20(21)14-16-10-12-17-6-2-3-7-19(17)13-16/h2-3,6-7,10,12-13,15,18H,4-5,8-9,11,14H2,1H3. The van der Waals surface area contributed by atoms with Gasteiger partial charge in [0.15, 0.2) is 0 Å². The lowest BCUT2D eigenvalue weighted by Crippen LogP contribution is -2.16. The molecule has 0 N–H and O–H groups in total. The van der Waals surface area contributed by atoms with Gasteiger partial charge in [-0.25, -0.2) is 0 Å². The van der Waals surface area contributed by atoms with Crippen LogP contribution in [0.4, 0.5) is 0 Å². The van der Waals surface area contributed by atoms with Crippen molar-refractivity contribution in [2.45, 2.75) is 45.4 Å². The third-order valence-electron chi connectivity index (χ3n) is 4.91. The molecule has 0 spiro atoms. The number of hydrogen-bond acceptors (Lipinski definition) is 1. The lowest BCUT2D eigenvalue weighted by molar-refractivity contribution is -0.122. The van der Waals surface area contributed by atoms with Gasteiger partial charge in [0.25, 0.3) is 0 Å². The van der Waals surface area contributed by atoms with E-state index in [2.05, 4.69) is 49.4 Å². The highest BCUT2D eigenvalue weighted by Crippen LogP contribution is 2.28. The van der Waals surface area contributed by atoms with Gasteiger partial charge in [-0.3, -0.25) is 4.79 Å². The van der Waals surface area contributed by atoms with Crippen molar-refractivity contribution in [3.05, 3.63) is 48.0 Å². The molecule has 2 aromatic rings. The molecule has 3 rings (SSSR count). The number of fused-ring (bicyclic) bond motifs is 1. The fraction of sp³-hybridized carbons (Fsp3) is 0.450. The zero-order valence-electron chi connectivity index (χ0n) is 12.8. The summed E-state index contributed by atoms with van der Waals surface area (Å²) >= 11 is 0. The summed E-state index contributed by atoms with van der Waals surface area (Å²) in [6.45, 7) is 2.32. The van der Waals surface area contributed by atoms with Crippen LogP contribution in [-0.2, 0) is 11.2 Å². The first-order valence-corrected chi connectivity index (χ1v) is 8.23. The summed E-state index contributed by atoms with van der Waals surface area (Å²) in [5.41, 5.74) is 1.16. The summed E-state index contributed by atoms with van der Waals surface area (Å²) in [4.78, 5) is 12.6. The molecule has 0 radical (unpaired) electrons. The summed E-state index contributed by atoms with van der Waals surface area (Å²) in [6, 6.07) is 14.8. The Kier molecular flexibility index (Phi) is 4.38. The Morgan fingerprint density at radius 3 is 2.67 bits per heavy atom. The Morgan fingerprint density at radius 2 is 1.81 bits per heavy atom. The molecule has 0 heterocycles. The van der Waals surface area contributed by atoms with E-state index in [0.29, 0.717) is 18.1 Å². The highest BCUT2D eigenvalue weighted by molar-refractivity contribution is 5.87. The van der Waals surface area contributed by atoms with Crippen molar-refractivity contribution in [1.29, 1.82) is 0 Å². The van der Waals surface area contributed by atoms with E-state index in [1.165, 1.54) is 30.0 Å². The molecule has 0 saturated heterocycles. The molecule has 2 atom stereocenters. The number of carbonyl (C=O) groups excluding carboxylic acids is 1. The molecule has 0 amide bonds. The molecule has 1 fully saturated rings. The predicted molar refractivity (Wildman–Crippen MR) is 88.4 cm³/mol. The van der Waals surface area contributed by atoms with Crippen LogP contribution in [0.1, 0.15) is 44.6 Å². The molecule has 110 valence electrons. The van der Waals surface area contributed by atoms with E-state index in [-0.39, 0.29) is 0 Å². The van der Waals surface area contributed by atoms with E-state index in [1.54, 1.807) is 0 Å². The first-order chi connectivity index (χ1) is 10.2. The van der Waals surface area contributed by atoms with Crippen molar-refractivity contribution in [2.24, 2.45) is 11.8 Å². The van der Waals surface area contributed by atoms with E-state index in [9.17, 15) is 4.79 Å². The lowest BCUT2D eigenvalue weighted by atomic mass is 9.90. The van der Waals surface area contributed by atoms with Crippen LogP contribution in [0.3, 0.4) is 0 Å². The zero-order valence-corrected chi connectivity index (χ0v) is 12.8. The van der Waals surface area contributed by atoms with Crippen molar-refractivity contribution < 1.29 is 4.79 Å². The van der Waals surface area contributed by atoms with Crippen molar-refractivity contribution in [3.63, 3.8) is 0 Å². The quantitative estimate of drug-likeness (QED) is 0.709. The fourth-order valence-electron chi connectivity index (χ4n) is 3.50. The Hall–Kier alpha value is -1.63. The van der Waals surface area contributed by atoms with Crippen molar-refractivity contribution in [3.8, 4) is 0 Å². The number of hydrogen-bond donors (Lipinski definition) is 0. The van der Waals surface area contributed by atoms with Gasteiger partial charge in [0, 0.05) is 12.3 Å². The molecular formula is C20H24O. The van der Waals surface area contributed by atoms with Crippen LogP contribution >= 0.6 is 0 Å². The second-order valence-electron chi connectivity index (χ2n) is 6.63. The van der Waals surface area contributed by atoms with Crippen molar-refractivity contribution in [1.82, 2.24) is 0 Å². The van der Waals surface area contributed by atoms with Crippen molar-refractivity contribution in [2.75, 3.05) is 0 Å². The number of carbonyl (C=O) groups is 1. The molecule has 1 nitrogen and oxygen atoms in total. The zero-order chi connectivity index (χ0) is 14.7. The third-order valence-corrected chi connectivity index (χ3v) is 4.91. The minimum Gasteiger partial charge on any atom is -0.299 e. The molecule has 21 heavy (non-hydrogen) atoms. The molecule has 1 saturated carbocycles. The second kappa shape index (κ2) is 6.43. The minimum absolute atomic E-state index is 0.293. The van der Waals surface area contributed by atoms with E-state index in [1.807, 2.05) is 0 Å². The highest BCUT2D eigenvalue weighted by Gasteiger charge is 2.22. The van der Waals surface area contributed by atoms with Gasteiger partial charge in [-0.2, -0.15) is 0 Å². The van der Waals surface area contributed by atoms with Crippen molar-refractivity contribution >= 4 is 16.6 Å². The lowest BCUT2D eigenvalue weighted by Gasteiger charge is -2.13. The number of rotatable bonds is 3. The summed E-state index contributed by atoms with van der Waals surface area (Å²) in [6.07, 6.45) is 6.51. The van der Waals surface area contributed by atoms with Crippen LogP contribution in [0, 0.1) is 11.8 Å². The average Bonchev–Trinajstić information content (AvgIpc) is 2.72. The van der Waals surface area contributed by atoms with E-state index < -0.39 is 0 Å². The van der Waals surface area contributed by atoms with Crippen LogP contribution < -0.4 is 0 Å². The van der Waals surface area contributed by atoms with Gasteiger partial charge in [-0.15, -0.1) is 0 Å². The van der Waals surface area contributed by atoms with Crippen LogP contribution in [0.2, 0.25) is 0 Å². The average molecular weight is 280 g/mol. The van der Waals surface area contributed by atoms with Gasteiger partial charge in [0.1, 0.15) is 5.78 Å². The topological polar surface area (TPSA) is 17.1 Å². The highest BCUT2D eigenvalue weighted by atomic mass is 16.1. The van der Waals surface area contributed by atoms with Gasteiger partial charge in [-0.1, -0.05) is 68.7 Å². The van der Waals surface area contributed by atoms with E-state index in [4.69, 9.17) is 0 Å². The smallest absolute Gasteiger partial charge is 0.140 e. The largest absolute Gasteiger partial charge is 0.299 e. The van der Waals surface area contributed by atoms with Crippen LogP contribution in [0.15, 0.2) is 42.5 Å². The molecule has 1 aliphatic carbocycles. The van der Waals surface area contributed by atoms with E-state index in [0.717, 1.165) is 24.3 Å². The summed E-state index contributed by atoms with van der Waals surface area (Å²) in [7, 11) is 0. The van der Waals surface area contributed by atoms with Gasteiger partial charge >= 0.3 is 0 Å². The maximum absolute atomic E-state index is 12.6. The number of benzene rings is 2. The SMILES string of the molecule is CC1CCCC(C(=O)Cc2ccc3ccccc3c2)CC1. The molecule has 2 unspecified atom stereocenters. The van der Waals surface area contributed by atoms with E-state index >= 15 is 0 Å². The molecule has 2 aromatic carbocycles. The number of Topliss-reactive ketones (excluding diaryl/α,β-unsaturated/α-hetero) is 1. The van der Waals surface area contributed by atoms with Crippen LogP contribution in [0.25, 0.3) is 10.8 Å². The van der Waals surface area contributed by atoms with Gasteiger partial charge < -0.3 is 0 Å². The van der Waals surface area contributed by atoms with Gasteiger partial charge in [-0.05, 0) is 35.1 Å². The molecule has 1 heteroatoms. The van der Waals surface area contributed by atoms with Crippen LogP contribution in [0.5, 0.6) is 0 Å². The first-order valence-electron chi connectivity index (χ1n) is 8.23. The Labute approximate surface area is 127 Å². The summed E-state index contributed by atoms with van der Waals surface area (Å²) in [5.74, 6) is 1.53.